The number of nitrogens with one attached hydrogen (secondary N) is 1. The van der Waals surface area contributed by atoms with Crippen molar-refractivity contribution in [3.05, 3.63) is 88.8 Å². The number of aromatic nitrogens is 3. The Morgan fingerprint density at radius 2 is 1.95 bits per heavy atom. The number of hydrogen-bond donors (Lipinski definition) is 1. The lowest BCUT2D eigenvalue weighted by Gasteiger charge is -2.11. The Bertz CT molecular complexity index is 1560. The van der Waals surface area contributed by atoms with Gasteiger partial charge in [-0.05, 0) is 29.8 Å². The molecular weight excluding hydrogens is 504 g/mol. The van der Waals surface area contributed by atoms with Crippen molar-refractivity contribution < 1.29 is 9.59 Å². The van der Waals surface area contributed by atoms with Gasteiger partial charge in [-0.1, -0.05) is 53.8 Å². The monoisotopic (exact) mass is 526 g/mol. The topological polar surface area (TPSA) is 101 Å². The van der Waals surface area contributed by atoms with Crippen LogP contribution in [0.4, 0.5) is 11.5 Å². The van der Waals surface area contributed by atoms with E-state index in [0.717, 1.165) is 33.3 Å². The maximum atomic E-state index is 11.8. The molecule has 10 heteroatoms. The van der Waals surface area contributed by atoms with E-state index in [-0.39, 0.29) is 11.7 Å². The highest BCUT2D eigenvalue weighted by Gasteiger charge is 2.17. The first-order chi connectivity index (χ1) is 18.1. The molecule has 37 heavy (non-hydrogen) atoms. The van der Waals surface area contributed by atoms with Gasteiger partial charge in [0.1, 0.15) is 11.2 Å². The molecule has 184 valence electrons. The van der Waals surface area contributed by atoms with Gasteiger partial charge in [0.05, 0.1) is 11.4 Å². The predicted molar refractivity (Wildman–Crippen MR) is 151 cm³/mol. The summed E-state index contributed by atoms with van der Waals surface area (Å²) in [7, 11) is 0. The number of rotatable bonds is 8. The van der Waals surface area contributed by atoms with E-state index in [0.29, 0.717) is 22.9 Å². The van der Waals surface area contributed by atoms with E-state index in [9.17, 15) is 9.59 Å². The van der Waals surface area contributed by atoms with E-state index >= 15 is 0 Å². The number of imidazole rings is 1. The van der Waals surface area contributed by atoms with Gasteiger partial charge in [0.15, 0.2) is 11.6 Å². The molecule has 0 unspecified atom stereocenters. The van der Waals surface area contributed by atoms with Crippen LogP contribution >= 0.6 is 23.1 Å². The number of carbonyl (C=O) groups excluding carboxylic acids is 2. The summed E-state index contributed by atoms with van der Waals surface area (Å²) in [5, 5.41) is 7.87. The van der Waals surface area contributed by atoms with Crippen molar-refractivity contribution >= 4 is 63.2 Å². The number of allylic oxidation sites excluding steroid dienone is 4. The number of amides is 1. The molecule has 1 aliphatic carbocycles. The van der Waals surface area contributed by atoms with Gasteiger partial charge in [-0.2, -0.15) is 9.61 Å². The maximum Gasteiger partial charge on any atom is 0.243 e. The van der Waals surface area contributed by atoms with Crippen LogP contribution in [0, 0.1) is 0 Å². The highest BCUT2D eigenvalue weighted by Crippen LogP contribution is 2.31. The molecule has 5 rings (SSSR count). The average molecular weight is 527 g/mol. The molecule has 1 amide bonds. The molecule has 1 N–H and O–H groups in total. The molecule has 2 heterocycles. The van der Waals surface area contributed by atoms with Crippen molar-refractivity contribution in [2.24, 2.45) is 9.98 Å². The summed E-state index contributed by atoms with van der Waals surface area (Å²) in [6.45, 7) is 1.98. The first-order valence-corrected chi connectivity index (χ1v) is 13.4. The van der Waals surface area contributed by atoms with Gasteiger partial charge in [-0.15, -0.1) is 11.8 Å². The lowest BCUT2D eigenvalue weighted by atomic mass is 10.1. The zero-order chi connectivity index (χ0) is 25.6. The number of carbonyl (C=O) groups is 2. The van der Waals surface area contributed by atoms with Crippen LogP contribution in [0.3, 0.4) is 0 Å². The standard InChI is InChI=1S/C27H22N6O2S2/c1-18(34)31-23-12-11-22(35)15-24(23)36-14-13-28-26-25(32-27-33(26)30-17-37-27)20-7-9-21(10-8-20)29-16-19-5-3-2-4-6-19/h2-12,15-17,28H,13-14H2,1H3/b29-16-,31-23+. The molecule has 2 aromatic carbocycles. The number of thioether (sulfide) groups is 1. The third kappa shape index (κ3) is 5.99. The fourth-order valence-electron chi connectivity index (χ4n) is 3.65. The molecule has 0 atom stereocenters. The van der Waals surface area contributed by atoms with Crippen molar-refractivity contribution in [3.63, 3.8) is 0 Å². The lowest BCUT2D eigenvalue weighted by Crippen LogP contribution is -2.11. The highest BCUT2D eigenvalue weighted by molar-refractivity contribution is 8.04. The molecule has 0 fully saturated rings. The minimum Gasteiger partial charge on any atom is -0.367 e. The smallest absolute Gasteiger partial charge is 0.243 e. The number of nitrogens with zero attached hydrogens (tertiary/aromatic N) is 5. The number of ketones is 1. The lowest BCUT2D eigenvalue weighted by molar-refractivity contribution is -0.115. The Labute approximate surface area is 221 Å². The molecule has 0 aliphatic heterocycles. The summed E-state index contributed by atoms with van der Waals surface area (Å²) in [6.07, 6.45) is 6.35. The zero-order valence-corrected chi connectivity index (χ0v) is 21.5. The molecule has 0 radical (unpaired) electrons. The van der Waals surface area contributed by atoms with Crippen molar-refractivity contribution in [3.8, 4) is 11.3 Å². The molecule has 0 spiro atoms. The quantitative estimate of drug-likeness (QED) is 0.188. The Balaban J connectivity index is 1.29. The fraction of sp³-hybridized carbons (Fsp3) is 0.111. The van der Waals surface area contributed by atoms with E-state index in [4.69, 9.17) is 4.98 Å². The number of hydrogen-bond acceptors (Lipinski definition) is 8. The van der Waals surface area contributed by atoms with E-state index < -0.39 is 0 Å². The number of fused-ring (bicyclic) bond motifs is 1. The van der Waals surface area contributed by atoms with Crippen LogP contribution in [0.15, 0.2) is 93.2 Å². The van der Waals surface area contributed by atoms with Crippen molar-refractivity contribution in [1.82, 2.24) is 14.6 Å². The number of benzene rings is 2. The molecule has 8 nitrogen and oxygen atoms in total. The summed E-state index contributed by atoms with van der Waals surface area (Å²) in [4.78, 5) is 38.1. The van der Waals surface area contributed by atoms with Crippen LogP contribution in [0.5, 0.6) is 0 Å². The van der Waals surface area contributed by atoms with Crippen molar-refractivity contribution in [1.29, 1.82) is 0 Å². The van der Waals surface area contributed by atoms with Crippen LogP contribution in [-0.2, 0) is 9.59 Å². The molecule has 2 aromatic heterocycles. The molecular formula is C27H22N6O2S2. The van der Waals surface area contributed by atoms with E-state index in [1.54, 1.807) is 16.1 Å². The Hall–Kier alpha value is -4.15. The molecule has 0 saturated carbocycles. The third-order valence-electron chi connectivity index (χ3n) is 5.31. The summed E-state index contributed by atoms with van der Waals surface area (Å²) in [6, 6.07) is 17.9. The predicted octanol–water partition coefficient (Wildman–Crippen LogP) is 5.36. The van der Waals surface area contributed by atoms with Gasteiger partial charge >= 0.3 is 0 Å². The van der Waals surface area contributed by atoms with Crippen LogP contribution in [0.2, 0.25) is 0 Å². The second-order valence-corrected chi connectivity index (χ2v) is 9.94. The SMILES string of the molecule is CC(=O)/N=C1\C=CC(=O)C=C1SCCNc1c(-c2ccc(/N=C\c3ccccc3)cc2)nc2scnn12. The van der Waals surface area contributed by atoms with E-state index in [2.05, 4.69) is 20.4 Å². The number of anilines is 1. The number of aliphatic imine (C=N–C) groups is 2. The van der Waals surface area contributed by atoms with Crippen LogP contribution in [0.1, 0.15) is 12.5 Å². The van der Waals surface area contributed by atoms with Crippen LogP contribution in [-0.4, -0.2) is 50.5 Å². The first kappa shape index (κ1) is 24.5. The maximum absolute atomic E-state index is 11.8. The summed E-state index contributed by atoms with van der Waals surface area (Å²) in [5.41, 5.74) is 5.91. The first-order valence-electron chi connectivity index (χ1n) is 11.5. The second kappa shape index (κ2) is 11.3. The minimum absolute atomic E-state index is 0.114. The van der Waals surface area contributed by atoms with Crippen molar-refractivity contribution in [2.75, 3.05) is 17.6 Å². The third-order valence-corrected chi connectivity index (χ3v) is 7.03. The highest BCUT2D eigenvalue weighted by atomic mass is 32.2. The molecule has 4 aromatic rings. The van der Waals surface area contributed by atoms with Gasteiger partial charge in [0.25, 0.3) is 0 Å². The normalized spacial score (nSPS) is 14.6. The van der Waals surface area contributed by atoms with E-state index in [1.165, 1.54) is 42.2 Å². The Morgan fingerprint density at radius 3 is 2.73 bits per heavy atom. The van der Waals surface area contributed by atoms with Gasteiger partial charge in [0, 0.05) is 42.0 Å². The largest absolute Gasteiger partial charge is 0.367 e. The Morgan fingerprint density at radius 1 is 1.14 bits per heavy atom. The van der Waals surface area contributed by atoms with Gasteiger partial charge in [0.2, 0.25) is 10.9 Å². The molecule has 0 bridgehead atoms. The van der Waals surface area contributed by atoms with Gasteiger partial charge in [-0.25, -0.2) is 9.98 Å². The Kier molecular flexibility index (Phi) is 7.48. The van der Waals surface area contributed by atoms with E-state index in [1.807, 2.05) is 60.8 Å². The van der Waals surface area contributed by atoms with Crippen LogP contribution in [0.25, 0.3) is 16.2 Å². The summed E-state index contributed by atoms with van der Waals surface area (Å²) in [5.74, 6) is 1.03. The van der Waals surface area contributed by atoms with Gasteiger partial charge < -0.3 is 5.32 Å². The molecule has 0 saturated heterocycles. The molecule has 1 aliphatic rings. The average Bonchev–Trinajstić information content (AvgIpc) is 3.50. The summed E-state index contributed by atoms with van der Waals surface area (Å²) < 4.78 is 1.79. The van der Waals surface area contributed by atoms with Gasteiger partial charge in [-0.3, -0.25) is 14.6 Å². The fourth-order valence-corrected chi connectivity index (χ4v) is 5.15. The second-order valence-electron chi connectivity index (χ2n) is 7.99. The zero-order valence-electron chi connectivity index (χ0n) is 19.9. The van der Waals surface area contributed by atoms with Crippen LogP contribution < -0.4 is 5.32 Å². The minimum atomic E-state index is -0.301. The summed E-state index contributed by atoms with van der Waals surface area (Å²) >= 11 is 2.93. The van der Waals surface area contributed by atoms with Crippen molar-refractivity contribution in [2.45, 2.75) is 6.92 Å².